The van der Waals surface area contributed by atoms with Crippen LogP contribution in [0.5, 0.6) is 0 Å². The van der Waals surface area contributed by atoms with E-state index in [4.69, 9.17) is 18.0 Å². The Morgan fingerprint density at radius 2 is 2.11 bits per heavy atom. The molecule has 2 heterocycles. The molecule has 0 bridgehead atoms. The summed E-state index contributed by atoms with van der Waals surface area (Å²) in [4.78, 5) is 6.84. The van der Waals surface area contributed by atoms with Gasteiger partial charge in [-0.15, -0.1) is 0 Å². The standard InChI is InChI=1S/C12H14N4S2/c1-7-14-8-5-3-4-6-9(8)16(7)11-10(13)15(2)12(17)18-11/h3-6,8-9H,13H2,1-2H3. The van der Waals surface area contributed by atoms with E-state index in [0.717, 1.165) is 14.8 Å². The number of aromatic nitrogens is 1. The highest BCUT2D eigenvalue weighted by atomic mass is 32.1. The summed E-state index contributed by atoms with van der Waals surface area (Å²) in [5, 5.41) is 0.996. The fourth-order valence-corrected chi connectivity index (χ4v) is 3.67. The zero-order valence-corrected chi connectivity index (χ0v) is 11.8. The first-order valence-corrected chi connectivity index (χ1v) is 6.96. The summed E-state index contributed by atoms with van der Waals surface area (Å²) in [7, 11) is 1.90. The molecule has 3 rings (SSSR count). The van der Waals surface area contributed by atoms with E-state index in [9.17, 15) is 0 Å². The van der Waals surface area contributed by atoms with E-state index >= 15 is 0 Å². The molecule has 2 aliphatic rings. The van der Waals surface area contributed by atoms with Crippen molar-refractivity contribution in [1.82, 2.24) is 4.57 Å². The lowest BCUT2D eigenvalue weighted by molar-refractivity contribution is 0.741. The molecule has 0 spiro atoms. The third kappa shape index (κ3) is 1.56. The normalized spacial score (nSPS) is 25.4. The number of hydrogen-bond donors (Lipinski definition) is 1. The molecule has 1 aliphatic heterocycles. The summed E-state index contributed by atoms with van der Waals surface area (Å²) in [6.07, 6.45) is 8.37. The number of rotatable bonds is 1. The van der Waals surface area contributed by atoms with Crippen LogP contribution in [-0.2, 0) is 7.05 Å². The van der Waals surface area contributed by atoms with Gasteiger partial charge < -0.3 is 15.2 Å². The Morgan fingerprint density at radius 3 is 2.78 bits per heavy atom. The molecular formula is C12H14N4S2. The van der Waals surface area contributed by atoms with Crippen LogP contribution in [0.3, 0.4) is 0 Å². The van der Waals surface area contributed by atoms with Crippen LogP contribution in [-0.4, -0.2) is 22.5 Å². The Kier molecular flexibility index (Phi) is 2.64. The minimum absolute atomic E-state index is 0.190. The van der Waals surface area contributed by atoms with Crippen molar-refractivity contribution >= 4 is 40.2 Å². The van der Waals surface area contributed by atoms with Crippen LogP contribution >= 0.6 is 23.6 Å². The van der Waals surface area contributed by atoms with Crippen molar-refractivity contribution in [3.8, 4) is 0 Å². The summed E-state index contributed by atoms with van der Waals surface area (Å²) in [5.41, 5.74) is 6.14. The lowest BCUT2D eigenvalue weighted by Gasteiger charge is -2.26. The fourth-order valence-electron chi connectivity index (χ4n) is 2.34. The molecule has 4 nitrogen and oxygen atoms in total. The Labute approximate surface area is 115 Å². The highest BCUT2D eigenvalue weighted by Crippen LogP contribution is 2.37. The van der Waals surface area contributed by atoms with Crippen LogP contribution in [0.15, 0.2) is 29.3 Å². The quantitative estimate of drug-likeness (QED) is 0.803. The Balaban J connectivity index is 2.09. The van der Waals surface area contributed by atoms with E-state index in [1.165, 1.54) is 11.3 Å². The van der Waals surface area contributed by atoms with Gasteiger partial charge in [0.05, 0.1) is 12.1 Å². The molecule has 0 aromatic carbocycles. The van der Waals surface area contributed by atoms with Crippen LogP contribution in [0, 0.1) is 3.95 Å². The van der Waals surface area contributed by atoms with Gasteiger partial charge in [-0.3, -0.25) is 4.99 Å². The number of hydrogen-bond acceptors (Lipinski definition) is 5. The van der Waals surface area contributed by atoms with Crippen molar-refractivity contribution < 1.29 is 0 Å². The van der Waals surface area contributed by atoms with Crippen molar-refractivity contribution in [2.75, 3.05) is 10.6 Å². The smallest absolute Gasteiger partial charge is 0.164 e. The summed E-state index contributed by atoms with van der Waals surface area (Å²) >= 11 is 6.82. The van der Waals surface area contributed by atoms with Crippen molar-refractivity contribution in [2.24, 2.45) is 12.0 Å². The minimum Gasteiger partial charge on any atom is -0.383 e. The van der Waals surface area contributed by atoms with Crippen molar-refractivity contribution in [2.45, 2.75) is 19.0 Å². The molecule has 6 heteroatoms. The van der Waals surface area contributed by atoms with Crippen LogP contribution in [0.4, 0.5) is 10.8 Å². The van der Waals surface area contributed by atoms with Crippen molar-refractivity contribution in [1.29, 1.82) is 0 Å². The number of fused-ring (bicyclic) bond motifs is 1. The zero-order valence-electron chi connectivity index (χ0n) is 10.2. The van der Waals surface area contributed by atoms with Gasteiger partial charge in [0.2, 0.25) is 0 Å². The molecule has 94 valence electrons. The molecular weight excluding hydrogens is 264 g/mol. The maximum Gasteiger partial charge on any atom is 0.164 e. The van der Waals surface area contributed by atoms with Crippen molar-refractivity contribution in [3.63, 3.8) is 0 Å². The van der Waals surface area contributed by atoms with Crippen LogP contribution in [0.2, 0.25) is 0 Å². The number of amidine groups is 1. The van der Waals surface area contributed by atoms with E-state index in [0.29, 0.717) is 5.82 Å². The second-order valence-electron chi connectivity index (χ2n) is 4.41. The number of allylic oxidation sites excluding steroid dienone is 2. The SMILES string of the molecule is CC1=NC2C=CC=CC2N1c1sc(=S)n(C)c1N. The summed E-state index contributed by atoms with van der Waals surface area (Å²) in [5.74, 6) is 1.70. The molecule has 1 aliphatic carbocycles. The lowest BCUT2D eigenvalue weighted by Crippen LogP contribution is -2.37. The average molecular weight is 278 g/mol. The van der Waals surface area contributed by atoms with E-state index < -0.39 is 0 Å². The van der Waals surface area contributed by atoms with Gasteiger partial charge in [0, 0.05) is 7.05 Å². The van der Waals surface area contributed by atoms with Gasteiger partial charge in [0.15, 0.2) is 3.95 Å². The van der Waals surface area contributed by atoms with E-state index in [-0.39, 0.29) is 12.1 Å². The second kappa shape index (κ2) is 4.07. The molecule has 2 unspecified atom stereocenters. The van der Waals surface area contributed by atoms with Gasteiger partial charge in [-0.25, -0.2) is 0 Å². The van der Waals surface area contributed by atoms with Crippen LogP contribution in [0.25, 0.3) is 0 Å². The summed E-state index contributed by atoms with van der Waals surface area (Å²) in [6, 6.07) is 0.417. The third-order valence-corrected chi connectivity index (χ3v) is 4.89. The molecule has 1 aromatic heterocycles. The van der Waals surface area contributed by atoms with Gasteiger partial charge in [-0.05, 0) is 19.1 Å². The number of nitrogens with zero attached hydrogens (tertiary/aromatic N) is 3. The Bertz CT molecular complexity index is 635. The van der Waals surface area contributed by atoms with Gasteiger partial charge >= 0.3 is 0 Å². The maximum absolute atomic E-state index is 6.14. The average Bonchev–Trinajstić information content (AvgIpc) is 2.80. The Hall–Kier alpha value is -1.40. The Morgan fingerprint density at radius 1 is 1.39 bits per heavy atom. The summed E-state index contributed by atoms with van der Waals surface area (Å²) in [6.45, 7) is 2.02. The van der Waals surface area contributed by atoms with Crippen molar-refractivity contribution in [3.05, 3.63) is 28.3 Å². The van der Waals surface area contributed by atoms with E-state index in [1.54, 1.807) is 0 Å². The maximum atomic E-state index is 6.14. The molecule has 2 N–H and O–H groups in total. The largest absolute Gasteiger partial charge is 0.383 e. The predicted octanol–water partition coefficient (Wildman–Crippen LogP) is 2.50. The lowest BCUT2D eigenvalue weighted by atomic mass is 10.0. The first-order valence-electron chi connectivity index (χ1n) is 5.73. The van der Waals surface area contributed by atoms with Gasteiger partial charge in [0.1, 0.15) is 16.7 Å². The molecule has 18 heavy (non-hydrogen) atoms. The first kappa shape index (κ1) is 11.7. The molecule has 0 radical (unpaired) electrons. The fraction of sp³-hybridized carbons (Fsp3) is 0.333. The molecule has 1 aromatic rings. The second-order valence-corrected chi connectivity index (χ2v) is 6.04. The highest BCUT2D eigenvalue weighted by molar-refractivity contribution is 7.73. The summed E-state index contributed by atoms with van der Waals surface area (Å²) < 4.78 is 2.63. The molecule has 0 amide bonds. The van der Waals surface area contributed by atoms with Crippen LogP contribution in [0.1, 0.15) is 6.92 Å². The number of anilines is 2. The molecule has 2 atom stereocenters. The number of nitrogens with two attached hydrogens (primary N) is 1. The monoisotopic (exact) mass is 278 g/mol. The minimum atomic E-state index is 0.190. The molecule has 0 saturated carbocycles. The third-order valence-electron chi connectivity index (χ3n) is 3.32. The van der Waals surface area contributed by atoms with E-state index in [1.807, 2.05) is 24.6 Å². The molecule has 0 fully saturated rings. The number of nitrogen functional groups attached to an aromatic ring is 1. The van der Waals surface area contributed by atoms with Gasteiger partial charge in [0.25, 0.3) is 0 Å². The predicted molar refractivity (Wildman–Crippen MR) is 80.0 cm³/mol. The van der Waals surface area contributed by atoms with Gasteiger partial charge in [-0.2, -0.15) is 0 Å². The zero-order chi connectivity index (χ0) is 12.9. The highest BCUT2D eigenvalue weighted by Gasteiger charge is 2.35. The molecule has 0 saturated heterocycles. The first-order chi connectivity index (χ1) is 8.59. The number of thiazole rings is 1. The number of aliphatic imine (C=N–C) groups is 1. The topological polar surface area (TPSA) is 46.5 Å². The van der Waals surface area contributed by atoms with Crippen LogP contribution < -0.4 is 10.6 Å². The van der Waals surface area contributed by atoms with Gasteiger partial charge in [-0.1, -0.05) is 35.6 Å². The van der Waals surface area contributed by atoms with E-state index in [2.05, 4.69) is 28.1 Å².